The number of rotatable bonds is 6. The van der Waals surface area contributed by atoms with Gasteiger partial charge in [-0.3, -0.25) is 19.7 Å². The zero-order valence-electron chi connectivity index (χ0n) is 18.9. The number of hydrogen-bond donors (Lipinski definition) is 2. The van der Waals surface area contributed by atoms with Crippen LogP contribution in [0, 0.1) is 6.92 Å². The van der Waals surface area contributed by atoms with Crippen LogP contribution in [0.3, 0.4) is 0 Å². The van der Waals surface area contributed by atoms with Crippen LogP contribution in [0.1, 0.15) is 37.7 Å². The first-order valence-electron chi connectivity index (χ1n) is 11.2. The van der Waals surface area contributed by atoms with Crippen LogP contribution in [0.4, 0.5) is 5.69 Å². The van der Waals surface area contributed by atoms with Crippen molar-refractivity contribution in [2.45, 2.75) is 45.1 Å². The van der Waals surface area contributed by atoms with E-state index in [4.69, 9.17) is 4.74 Å². The molecule has 2 heterocycles. The molecule has 0 bridgehead atoms. The Morgan fingerprint density at radius 2 is 1.91 bits per heavy atom. The summed E-state index contributed by atoms with van der Waals surface area (Å²) in [5.41, 5.74) is 1.80. The summed E-state index contributed by atoms with van der Waals surface area (Å²) in [5, 5.41) is 5.82. The lowest BCUT2D eigenvalue weighted by Crippen LogP contribution is -2.46. The number of ether oxygens (including phenoxy) is 1. The van der Waals surface area contributed by atoms with Crippen LogP contribution < -0.4 is 10.6 Å². The van der Waals surface area contributed by atoms with Crippen molar-refractivity contribution in [2.24, 2.45) is 4.99 Å². The van der Waals surface area contributed by atoms with Crippen LogP contribution in [0.15, 0.2) is 29.3 Å². The van der Waals surface area contributed by atoms with E-state index in [1.54, 1.807) is 4.90 Å². The molecule has 9 heteroatoms. The van der Waals surface area contributed by atoms with E-state index in [9.17, 15) is 14.4 Å². The SMILES string of the molecule is COCC(=O)NC(=N[C@H]1CCCCN(CC(=O)N2CCCC2)C1=O)Nc1cccc(C)c1. The average Bonchev–Trinajstić information content (AvgIpc) is 3.24. The lowest BCUT2D eigenvalue weighted by Gasteiger charge is -2.25. The number of carbonyl (C=O) groups excluding carboxylic acids is 3. The number of aliphatic imine (C=N–C) groups is 1. The second-order valence-corrected chi connectivity index (χ2v) is 8.31. The summed E-state index contributed by atoms with van der Waals surface area (Å²) >= 11 is 0. The second-order valence-electron chi connectivity index (χ2n) is 8.31. The lowest BCUT2D eigenvalue weighted by atomic mass is 10.1. The van der Waals surface area contributed by atoms with E-state index in [-0.39, 0.29) is 36.8 Å². The summed E-state index contributed by atoms with van der Waals surface area (Å²) in [6.07, 6.45) is 4.23. The Morgan fingerprint density at radius 1 is 1.16 bits per heavy atom. The highest BCUT2D eigenvalue weighted by atomic mass is 16.5. The van der Waals surface area contributed by atoms with E-state index in [2.05, 4.69) is 15.6 Å². The van der Waals surface area contributed by atoms with Crippen molar-refractivity contribution in [3.05, 3.63) is 29.8 Å². The Morgan fingerprint density at radius 3 is 2.62 bits per heavy atom. The number of likely N-dealkylation sites (tertiary alicyclic amines) is 2. The smallest absolute Gasteiger partial charge is 0.252 e. The van der Waals surface area contributed by atoms with Crippen molar-refractivity contribution < 1.29 is 19.1 Å². The molecule has 2 saturated heterocycles. The van der Waals surface area contributed by atoms with Gasteiger partial charge in [0, 0.05) is 32.4 Å². The fraction of sp³-hybridized carbons (Fsp3) is 0.565. The van der Waals surface area contributed by atoms with Crippen molar-refractivity contribution in [3.63, 3.8) is 0 Å². The van der Waals surface area contributed by atoms with Crippen molar-refractivity contribution in [2.75, 3.05) is 45.2 Å². The summed E-state index contributed by atoms with van der Waals surface area (Å²) in [4.78, 5) is 46.0. The molecule has 9 nitrogen and oxygen atoms in total. The molecule has 0 aromatic heterocycles. The minimum Gasteiger partial charge on any atom is -0.375 e. The minimum absolute atomic E-state index is 0.00742. The molecule has 2 fully saturated rings. The maximum atomic E-state index is 13.2. The van der Waals surface area contributed by atoms with E-state index in [1.807, 2.05) is 36.1 Å². The first-order valence-corrected chi connectivity index (χ1v) is 11.2. The molecule has 3 rings (SSSR count). The van der Waals surface area contributed by atoms with Gasteiger partial charge in [0.25, 0.3) is 5.91 Å². The van der Waals surface area contributed by atoms with Gasteiger partial charge in [0.2, 0.25) is 17.8 Å². The largest absolute Gasteiger partial charge is 0.375 e. The number of hydrogen-bond acceptors (Lipinski definition) is 5. The molecular formula is C23H33N5O4. The predicted molar refractivity (Wildman–Crippen MR) is 122 cm³/mol. The maximum Gasteiger partial charge on any atom is 0.252 e. The van der Waals surface area contributed by atoms with Gasteiger partial charge in [0.15, 0.2) is 0 Å². The zero-order valence-corrected chi connectivity index (χ0v) is 18.9. The third-order valence-corrected chi connectivity index (χ3v) is 5.64. The molecule has 0 unspecified atom stereocenters. The van der Waals surface area contributed by atoms with Gasteiger partial charge in [0.1, 0.15) is 12.6 Å². The summed E-state index contributed by atoms with van der Waals surface area (Å²) in [7, 11) is 1.44. The number of nitrogens with one attached hydrogen (secondary N) is 2. The molecule has 3 amide bonds. The monoisotopic (exact) mass is 443 g/mol. The lowest BCUT2D eigenvalue weighted by molar-refractivity contribution is -0.140. The second kappa shape index (κ2) is 11.6. The Bertz CT molecular complexity index is 851. The standard InChI is InChI=1S/C23H33N5O4/c1-17-8-7-9-18(14-17)24-23(26-20(29)16-32-2)25-19-10-3-4-13-28(22(19)31)15-21(30)27-11-5-6-12-27/h7-9,14,19H,3-6,10-13,15-16H2,1-2H3,(H2,24,25,26,29)/t19-/m0/s1. The Hall–Kier alpha value is -2.94. The molecule has 1 aromatic carbocycles. The zero-order chi connectivity index (χ0) is 22.9. The predicted octanol–water partition coefficient (Wildman–Crippen LogP) is 1.53. The molecule has 0 saturated carbocycles. The van der Waals surface area contributed by atoms with E-state index >= 15 is 0 Å². The number of methoxy groups -OCH3 is 1. The fourth-order valence-corrected chi connectivity index (χ4v) is 4.00. The van der Waals surface area contributed by atoms with E-state index in [1.165, 1.54) is 7.11 Å². The molecule has 2 aliphatic rings. The normalized spacial score (nSPS) is 19.6. The minimum atomic E-state index is -0.668. The van der Waals surface area contributed by atoms with Crippen molar-refractivity contribution >= 4 is 29.4 Å². The molecule has 0 spiro atoms. The first kappa shape index (κ1) is 23.7. The van der Waals surface area contributed by atoms with Gasteiger partial charge in [-0.1, -0.05) is 12.1 Å². The van der Waals surface area contributed by atoms with Crippen LogP contribution in [-0.4, -0.2) is 79.4 Å². The van der Waals surface area contributed by atoms with Crippen molar-refractivity contribution in [1.29, 1.82) is 0 Å². The summed E-state index contributed by atoms with van der Waals surface area (Å²) < 4.78 is 4.90. The highest BCUT2D eigenvalue weighted by Crippen LogP contribution is 2.17. The Kier molecular flexibility index (Phi) is 8.61. The number of aryl methyl sites for hydroxylation is 1. The van der Waals surface area contributed by atoms with Gasteiger partial charge in [-0.15, -0.1) is 0 Å². The van der Waals surface area contributed by atoms with Gasteiger partial charge >= 0.3 is 0 Å². The first-order chi connectivity index (χ1) is 15.5. The molecule has 1 atom stereocenters. The number of benzene rings is 1. The van der Waals surface area contributed by atoms with Gasteiger partial charge in [0.05, 0.1) is 6.54 Å². The molecule has 2 N–H and O–H groups in total. The van der Waals surface area contributed by atoms with Crippen LogP contribution in [0.5, 0.6) is 0 Å². The number of anilines is 1. The maximum absolute atomic E-state index is 13.2. The number of nitrogens with zero attached hydrogens (tertiary/aromatic N) is 3. The number of guanidine groups is 1. The molecule has 32 heavy (non-hydrogen) atoms. The molecular weight excluding hydrogens is 410 g/mol. The van der Waals surface area contributed by atoms with Crippen LogP contribution in [-0.2, 0) is 19.1 Å². The molecule has 174 valence electrons. The Labute approximate surface area is 189 Å². The third-order valence-electron chi connectivity index (χ3n) is 5.64. The van der Waals surface area contributed by atoms with E-state index in [0.717, 1.165) is 50.0 Å². The van der Waals surface area contributed by atoms with E-state index in [0.29, 0.717) is 13.0 Å². The summed E-state index contributed by atoms with van der Waals surface area (Å²) in [6, 6.07) is 6.98. The van der Waals surface area contributed by atoms with Gasteiger partial charge in [-0.2, -0.15) is 0 Å². The number of carbonyl (C=O) groups is 3. The van der Waals surface area contributed by atoms with Crippen LogP contribution in [0.25, 0.3) is 0 Å². The Balaban J connectivity index is 1.76. The van der Waals surface area contributed by atoms with Gasteiger partial charge < -0.3 is 19.9 Å². The molecule has 0 radical (unpaired) electrons. The van der Waals surface area contributed by atoms with Gasteiger partial charge in [-0.05, 0) is 56.7 Å². The molecule has 2 aliphatic heterocycles. The third kappa shape index (κ3) is 6.78. The molecule has 1 aromatic rings. The summed E-state index contributed by atoms with van der Waals surface area (Å²) in [5.74, 6) is -0.358. The van der Waals surface area contributed by atoms with Crippen LogP contribution in [0.2, 0.25) is 0 Å². The highest BCUT2D eigenvalue weighted by molar-refractivity contribution is 6.05. The highest BCUT2D eigenvalue weighted by Gasteiger charge is 2.30. The topological polar surface area (TPSA) is 103 Å². The fourth-order valence-electron chi connectivity index (χ4n) is 4.00. The van der Waals surface area contributed by atoms with E-state index < -0.39 is 6.04 Å². The summed E-state index contributed by atoms with van der Waals surface area (Å²) in [6.45, 7) is 4.00. The molecule has 0 aliphatic carbocycles. The van der Waals surface area contributed by atoms with Gasteiger partial charge in [-0.25, -0.2) is 4.99 Å². The van der Waals surface area contributed by atoms with Crippen molar-refractivity contribution in [1.82, 2.24) is 15.1 Å². The van der Waals surface area contributed by atoms with Crippen molar-refractivity contribution in [3.8, 4) is 0 Å². The van der Waals surface area contributed by atoms with Crippen LogP contribution >= 0.6 is 0 Å². The average molecular weight is 444 g/mol. The number of amides is 3. The quantitative estimate of drug-likeness (QED) is 0.513.